The van der Waals surface area contributed by atoms with Gasteiger partial charge in [0.2, 0.25) is 5.78 Å². The minimum Gasteiger partial charge on any atom is -0.497 e. The Labute approximate surface area is 235 Å². The topological polar surface area (TPSA) is 61.8 Å². The Hall–Kier alpha value is -3.87. The summed E-state index contributed by atoms with van der Waals surface area (Å²) in [4.78, 5) is 25.2. The molecule has 5 nitrogen and oxygen atoms in total. The molecule has 0 saturated carbocycles. The Morgan fingerprint density at radius 3 is 1.41 bits per heavy atom. The van der Waals surface area contributed by atoms with Crippen molar-refractivity contribution in [3.05, 3.63) is 59.7 Å². The summed E-state index contributed by atoms with van der Waals surface area (Å²) in [6, 6.07) is 7.79. The molecule has 0 aromatic heterocycles. The number of halogens is 15. The van der Waals surface area contributed by atoms with E-state index in [-0.39, 0.29) is 11.5 Å². The van der Waals surface area contributed by atoms with E-state index in [0.717, 1.165) is 56.7 Å². The Balaban J connectivity index is 2.62. The normalized spacial score (nSPS) is 14.6. The van der Waals surface area contributed by atoms with Gasteiger partial charge in [-0.25, -0.2) is 4.79 Å². The second-order valence-electron chi connectivity index (χ2n) is 8.61. The van der Waals surface area contributed by atoms with Gasteiger partial charge < -0.3 is 14.2 Å². The van der Waals surface area contributed by atoms with Gasteiger partial charge in [-0.3, -0.25) is 4.79 Å². The van der Waals surface area contributed by atoms with Gasteiger partial charge in [-0.05, 0) is 12.1 Å². The van der Waals surface area contributed by atoms with Crippen molar-refractivity contribution < 1.29 is 89.7 Å². The van der Waals surface area contributed by atoms with Crippen LogP contribution in [0.5, 0.6) is 11.5 Å². The summed E-state index contributed by atoms with van der Waals surface area (Å²) in [5, 5.41) is 0. The van der Waals surface area contributed by atoms with Gasteiger partial charge in [0.15, 0.2) is 6.10 Å². The van der Waals surface area contributed by atoms with Crippen LogP contribution in [0.25, 0.3) is 0 Å². The zero-order valence-corrected chi connectivity index (χ0v) is 21.4. The summed E-state index contributed by atoms with van der Waals surface area (Å²) in [5.74, 6) is -55.2. The Morgan fingerprint density at radius 2 is 1.00 bits per heavy atom. The molecule has 0 fully saturated rings. The molecule has 2 rings (SSSR count). The van der Waals surface area contributed by atoms with Crippen LogP contribution in [-0.4, -0.2) is 67.7 Å². The molecule has 246 valence electrons. The number of hydrogen-bond acceptors (Lipinski definition) is 5. The van der Waals surface area contributed by atoms with Crippen LogP contribution in [0.1, 0.15) is 22.0 Å². The summed E-state index contributed by atoms with van der Waals surface area (Å²) >= 11 is 0. The second-order valence-corrected chi connectivity index (χ2v) is 8.61. The number of ketones is 1. The van der Waals surface area contributed by atoms with Gasteiger partial charge in [0.25, 0.3) is 0 Å². The molecule has 1 atom stereocenters. The zero-order valence-electron chi connectivity index (χ0n) is 21.4. The first-order valence-electron chi connectivity index (χ1n) is 11.1. The van der Waals surface area contributed by atoms with E-state index in [0.29, 0.717) is 0 Å². The molecule has 20 heteroatoms. The molecule has 0 aliphatic heterocycles. The largest absolute Gasteiger partial charge is 0.497 e. The number of alkyl halides is 15. The highest BCUT2D eigenvalue weighted by Crippen LogP contribution is 2.62. The highest BCUT2D eigenvalue weighted by molar-refractivity contribution is 6.02. The number of methoxy groups -OCH3 is 2. The predicted octanol–water partition coefficient (Wildman–Crippen LogP) is 7.55. The van der Waals surface area contributed by atoms with Crippen molar-refractivity contribution in [1.82, 2.24) is 0 Å². The summed E-state index contributed by atoms with van der Waals surface area (Å²) in [6.45, 7) is 0. The lowest BCUT2D eigenvalue weighted by molar-refractivity contribution is -0.450. The van der Waals surface area contributed by atoms with Crippen molar-refractivity contribution >= 4 is 11.8 Å². The molecule has 0 saturated heterocycles. The maximum absolute atomic E-state index is 14.5. The molecular formula is C24H15F15O5. The SMILES string of the molecule is COc1cc(OC)cc(C(=O)C(OC(=O)C(F)(F)C(F)(F)C(F)(F)C(F)(F)C(F)(F)C(F)(F)C(F)(F)F)c2ccccc2)c1. The molecule has 0 aliphatic rings. The number of rotatable bonds is 12. The van der Waals surface area contributed by atoms with Crippen molar-refractivity contribution in [2.45, 2.75) is 47.8 Å². The van der Waals surface area contributed by atoms with Crippen molar-refractivity contribution in [3.63, 3.8) is 0 Å². The fourth-order valence-corrected chi connectivity index (χ4v) is 3.28. The molecule has 2 aromatic rings. The van der Waals surface area contributed by atoms with E-state index in [1.807, 2.05) is 0 Å². The number of benzene rings is 2. The fraction of sp³-hybridized carbons (Fsp3) is 0.417. The summed E-state index contributed by atoms with van der Waals surface area (Å²) in [6.07, 6.45) is -10.6. The third kappa shape index (κ3) is 5.69. The third-order valence-electron chi connectivity index (χ3n) is 5.79. The Morgan fingerprint density at radius 1 is 0.591 bits per heavy atom. The quantitative estimate of drug-likeness (QED) is 0.133. The summed E-state index contributed by atoms with van der Waals surface area (Å²) < 4.78 is 217. The summed E-state index contributed by atoms with van der Waals surface area (Å²) in [7, 11) is 2.12. The van der Waals surface area contributed by atoms with Gasteiger partial charge in [0.1, 0.15) is 11.5 Å². The molecule has 0 N–H and O–H groups in total. The second kappa shape index (κ2) is 11.6. The van der Waals surface area contributed by atoms with E-state index in [1.54, 1.807) is 0 Å². The van der Waals surface area contributed by atoms with Crippen molar-refractivity contribution in [2.75, 3.05) is 14.2 Å². The number of carbonyl (C=O) groups excluding carboxylic acids is 2. The number of ether oxygens (including phenoxy) is 3. The molecule has 44 heavy (non-hydrogen) atoms. The summed E-state index contributed by atoms with van der Waals surface area (Å²) in [5.41, 5.74) is -1.30. The lowest BCUT2D eigenvalue weighted by Gasteiger charge is -2.41. The molecule has 0 amide bonds. The molecule has 1 unspecified atom stereocenters. The molecule has 0 bridgehead atoms. The maximum atomic E-state index is 14.5. The van der Waals surface area contributed by atoms with Crippen LogP contribution in [0.15, 0.2) is 48.5 Å². The number of esters is 1. The molecule has 0 heterocycles. The molecule has 0 aliphatic carbocycles. The lowest BCUT2D eigenvalue weighted by Crippen LogP contribution is -2.73. The van der Waals surface area contributed by atoms with Gasteiger partial charge in [-0.15, -0.1) is 0 Å². The molecular weight excluding hydrogens is 653 g/mol. The van der Waals surface area contributed by atoms with Crippen LogP contribution in [0.2, 0.25) is 0 Å². The number of carbonyl (C=O) groups is 2. The van der Waals surface area contributed by atoms with E-state index in [4.69, 9.17) is 9.47 Å². The Bertz CT molecular complexity index is 1340. The monoisotopic (exact) mass is 668 g/mol. The average Bonchev–Trinajstić information content (AvgIpc) is 2.94. The van der Waals surface area contributed by atoms with Gasteiger partial charge in [-0.2, -0.15) is 65.9 Å². The highest BCUT2D eigenvalue weighted by atomic mass is 19.4. The zero-order chi connectivity index (χ0) is 34.3. The predicted molar refractivity (Wildman–Crippen MR) is 115 cm³/mol. The van der Waals surface area contributed by atoms with E-state index < -0.39 is 70.7 Å². The Kier molecular flexibility index (Phi) is 9.55. The van der Waals surface area contributed by atoms with Crippen molar-refractivity contribution in [3.8, 4) is 11.5 Å². The van der Waals surface area contributed by atoms with Crippen LogP contribution in [0.4, 0.5) is 65.9 Å². The van der Waals surface area contributed by atoms with Crippen molar-refractivity contribution in [2.24, 2.45) is 0 Å². The maximum Gasteiger partial charge on any atom is 0.460 e. The first-order chi connectivity index (χ1) is 19.8. The van der Waals surface area contributed by atoms with Crippen LogP contribution in [0.3, 0.4) is 0 Å². The smallest absolute Gasteiger partial charge is 0.460 e. The van der Waals surface area contributed by atoms with Gasteiger partial charge in [0.05, 0.1) is 14.2 Å². The van der Waals surface area contributed by atoms with Crippen molar-refractivity contribution in [1.29, 1.82) is 0 Å². The molecule has 0 spiro atoms. The average molecular weight is 668 g/mol. The number of hydrogen-bond donors (Lipinski definition) is 0. The third-order valence-corrected chi connectivity index (χ3v) is 5.79. The minimum absolute atomic E-state index is 0.179. The molecule has 2 aromatic carbocycles. The van der Waals surface area contributed by atoms with E-state index >= 15 is 0 Å². The lowest BCUT2D eigenvalue weighted by atomic mass is 9.91. The van der Waals surface area contributed by atoms with E-state index in [9.17, 15) is 75.4 Å². The van der Waals surface area contributed by atoms with Gasteiger partial charge in [0, 0.05) is 17.2 Å². The van der Waals surface area contributed by atoms with Crippen LogP contribution in [-0.2, 0) is 9.53 Å². The van der Waals surface area contributed by atoms with E-state index in [2.05, 4.69) is 4.74 Å². The van der Waals surface area contributed by atoms with Crippen LogP contribution in [0, 0.1) is 0 Å². The first kappa shape index (κ1) is 36.3. The van der Waals surface area contributed by atoms with Gasteiger partial charge in [-0.1, -0.05) is 30.3 Å². The van der Waals surface area contributed by atoms with Crippen LogP contribution < -0.4 is 9.47 Å². The minimum atomic E-state index is -8.60. The van der Waals surface area contributed by atoms with E-state index in [1.165, 1.54) is 6.07 Å². The standard InChI is InChI=1S/C24H15F15O5/c1-42-13-8-12(9-14(10-13)43-2)15(40)16(11-6-4-3-5-7-11)44-17(41)18(25,26)19(27,28)20(29,30)21(31,32)22(33,34)23(35,36)24(37,38)39/h3-10,16H,1-2H3. The fourth-order valence-electron chi connectivity index (χ4n) is 3.28. The first-order valence-corrected chi connectivity index (χ1v) is 11.1. The highest BCUT2D eigenvalue weighted by Gasteiger charge is 2.94. The van der Waals surface area contributed by atoms with Crippen LogP contribution >= 0.6 is 0 Å². The number of Topliss-reactive ketones (excluding diaryl/α,β-unsaturated/α-hetero) is 1. The molecule has 0 radical (unpaired) electrons. The van der Waals surface area contributed by atoms with Gasteiger partial charge >= 0.3 is 47.7 Å².